The molecule has 1 fully saturated rings. The van der Waals surface area contributed by atoms with Crippen LogP contribution in [-0.4, -0.2) is 35.0 Å². The van der Waals surface area contributed by atoms with Gasteiger partial charge in [-0.2, -0.15) is 0 Å². The molecule has 2 aromatic rings. The minimum absolute atomic E-state index is 0.0115. The van der Waals surface area contributed by atoms with Crippen molar-refractivity contribution in [2.75, 3.05) is 13.1 Å². The van der Waals surface area contributed by atoms with Gasteiger partial charge in [0.15, 0.2) is 0 Å². The number of carbonyl (C=O) groups excluding carboxylic acids is 1. The predicted molar refractivity (Wildman–Crippen MR) is 87.8 cm³/mol. The first-order valence-electron chi connectivity index (χ1n) is 7.32. The lowest BCUT2D eigenvalue weighted by molar-refractivity contribution is -0.139. The molecule has 6 heteroatoms. The number of hydrogen-bond acceptors (Lipinski definition) is 3. The van der Waals surface area contributed by atoms with E-state index < -0.39 is 0 Å². The van der Waals surface area contributed by atoms with E-state index in [1.807, 2.05) is 19.1 Å². The molecule has 0 N–H and O–H groups in total. The average Bonchev–Trinajstić information content (AvgIpc) is 2.45. The third-order valence-electron chi connectivity index (χ3n) is 3.73. The van der Waals surface area contributed by atoms with Crippen LogP contribution in [-0.2, 0) is 11.2 Å². The van der Waals surface area contributed by atoms with Crippen molar-refractivity contribution in [2.24, 2.45) is 0 Å². The number of benzene rings is 1. The summed E-state index contributed by atoms with van der Waals surface area (Å²) in [6.07, 6.45) is 1.97. The van der Waals surface area contributed by atoms with Gasteiger partial charge in [0.1, 0.15) is 17.7 Å². The van der Waals surface area contributed by atoms with Gasteiger partial charge >= 0.3 is 0 Å². The maximum atomic E-state index is 13.1. The molecule has 0 unspecified atom stereocenters. The fourth-order valence-corrected chi connectivity index (χ4v) is 2.93. The van der Waals surface area contributed by atoms with Crippen LogP contribution in [0.4, 0.5) is 4.39 Å². The van der Waals surface area contributed by atoms with Crippen molar-refractivity contribution in [1.82, 2.24) is 9.88 Å². The number of rotatable bonds is 4. The van der Waals surface area contributed by atoms with Crippen LogP contribution in [0, 0.1) is 12.7 Å². The maximum Gasteiger partial charge on any atom is 0.227 e. The van der Waals surface area contributed by atoms with Crippen molar-refractivity contribution in [3.63, 3.8) is 0 Å². The first kappa shape index (κ1) is 15.9. The molecule has 0 atom stereocenters. The zero-order chi connectivity index (χ0) is 16.4. The molecule has 1 aliphatic rings. The lowest BCUT2D eigenvalue weighted by Gasteiger charge is -2.39. The summed E-state index contributed by atoms with van der Waals surface area (Å²) in [5, 5.41) is 0. The molecule has 23 heavy (non-hydrogen) atoms. The van der Waals surface area contributed by atoms with Crippen LogP contribution in [0.1, 0.15) is 11.3 Å². The van der Waals surface area contributed by atoms with E-state index in [-0.39, 0.29) is 24.2 Å². The standard InChI is InChI=1S/C17H16BrFN2O2/c1-11-6-14(4-5-20-11)23-15-9-21(10-15)17(22)7-12-2-3-13(19)8-16(12)18/h2-6,8,15H,7,9-10H2,1H3. The number of likely N-dealkylation sites (tertiary alicyclic amines) is 1. The molecule has 0 radical (unpaired) electrons. The van der Waals surface area contributed by atoms with Crippen LogP contribution in [0.3, 0.4) is 0 Å². The van der Waals surface area contributed by atoms with Crippen molar-refractivity contribution in [3.05, 3.63) is 58.1 Å². The number of carbonyl (C=O) groups is 1. The number of ether oxygens (including phenoxy) is 1. The summed E-state index contributed by atoms with van der Waals surface area (Å²) >= 11 is 3.29. The molecule has 1 aromatic carbocycles. The molecule has 0 aliphatic carbocycles. The van der Waals surface area contributed by atoms with Gasteiger partial charge in [-0.25, -0.2) is 4.39 Å². The van der Waals surface area contributed by atoms with E-state index >= 15 is 0 Å². The number of hydrogen-bond donors (Lipinski definition) is 0. The van der Waals surface area contributed by atoms with Crippen LogP contribution in [0.5, 0.6) is 5.75 Å². The summed E-state index contributed by atoms with van der Waals surface area (Å²) in [5.74, 6) is 0.470. The second-order valence-electron chi connectivity index (χ2n) is 5.58. The Morgan fingerprint density at radius 1 is 1.39 bits per heavy atom. The molecule has 1 saturated heterocycles. The maximum absolute atomic E-state index is 13.1. The van der Waals surface area contributed by atoms with Gasteiger partial charge in [0.05, 0.1) is 19.5 Å². The highest BCUT2D eigenvalue weighted by Crippen LogP contribution is 2.22. The number of amides is 1. The van der Waals surface area contributed by atoms with E-state index in [2.05, 4.69) is 20.9 Å². The Bertz CT molecular complexity index is 732. The number of aryl methyl sites for hydroxylation is 1. The summed E-state index contributed by atoms with van der Waals surface area (Å²) in [4.78, 5) is 18.1. The molecule has 4 nitrogen and oxygen atoms in total. The quantitative estimate of drug-likeness (QED) is 0.820. The molecule has 1 amide bonds. The Morgan fingerprint density at radius 2 is 2.17 bits per heavy atom. The Morgan fingerprint density at radius 3 is 2.87 bits per heavy atom. The van der Waals surface area contributed by atoms with Gasteiger partial charge in [0.25, 0.3) is 0 Å². The highest BCUT2D eigenvalue weighted by Gasteiger charge is 2.32. The van der Waals surface area contributed by atoms with Crippen LogP contribution in [0.25, 0.3) is 0 Å². The van der Waals surface area contributed by atoms with Gasteiger partial charge in [0.2, 0.25) is 5.91 Å². The number of nitrogens with zero attached hydrogens (tertiary/aromatic N) is 2. The summed E-state index contributed by atoms with van der Waals surface area (Å²) in [6.45, 7) is 3.04. The molecule has 120 valence electrons. The van der Waals surface area contributed by atoms with E-state index in [9.17, 15) is 9.18 Å². The fourth-order valence-electron chi connectivity index (χ4n) is 2.44. The SMILES string of the molecule is Cc1cc(OC2CN(C(=O)Cc3ccc(F)cc3Br)C2)ccn1. The average molecular weight is 379 g/mol. The van der Waals surface area contributed by atoms with Gasteiger partial charge in [-0.15, -0.1) is 0 Å². The molecule has 1 aromatic heterocycles. The highest BCUT2D eigenvalue weighted by atomic mass is 79.9. The Hall–Kier alpha value is -1.95. The number of halogens is 2. The Labute approximate surface area is 142 Å². The lowest BCUT2D eigenvalue weighted by atomic mass is 10.1. The molecule has 0 saturated carbocycles. The fraction of sp³-hybridized carbons (Fsp3) is 0.294. The smallest absolute Gasteiger partial charge is 0.227 e. The van der Waals surface area contributed by atoms with Gasteiger partial charge in [-0.05, 0) is 30.7 Å². The zero-order valence-corrected chi connectivity index (χ0v) is 14.2. The van der Waals surface area contributed by atoms with Gasteiger partial charge < -0.3 is 9.64 Å². The molecule has 3 rings (SSSR count). The van der Waals surface area contributed by atoms with Crippen molar-refractivity contribution >= 4 is 21.8 Å². The summed E-state index contributed by atoms with van der Waals surface area (Å²) in [6, 6.07) is 8.05. The third-order valence-corrected chi connectivity index (χ3v) is 4.47. The normalized spacial score (nSPS) is 14.5. The third kappa shape index (κ3) is 3.88. The Balaban J connectivity index is 1.51. The summed E-state index contributed by atoms with van der Waals surface area (Å²) in [5.41, 5.74) is 1.68. The summed E-state index contributed by atoms with van der Waals surface area (Å²) in [7, 11) is 0. The van der Waals surface area contributed by atoms with Crippen LogP contribution < -0.4 is 4.74 Å². The lowest BCUT2D eigenvalue weighted by Crippen LogP contribution is -2.56. The first-order chi connectivity index (χ1) is 11.0. The van der Waals surface area contributed by atoms with Crippen molar-refractivity contribution < 1.29 is 13.9 Å². The van der Waals surface area contributed by atoms with Gasteiger partial charge in [-0.3, -0.25) is 9.78 Å². The number of aromatic nitrogens is 1. The Kier molecular flexibility index (Phi) is 4.61. The largest absolute Gasteiger partial charge is 0.487 e. The van der Waals surface area contributed by atoms with Gasteiger partial charge in [0, 0.05) is 22.4 Å². The predicted octanol–water partition coefficient (Wildman–Crippen LogP) is 3.12. The molecule has 0 spiro atoms. The molecule has 2 heterocycles. The zero-order valence-electron chi connectivity index (χ0n) is 12.6. The minimum atomic E-state index is -0.321. The van der Waals surface area contributed by atoms with E-state index in [0.29, 0.717) is 17.6 Å². The monoisotopic (exact) mass is 378 g/mol. The van der Waals surface area contributed by atoms with Crippen molar-refractivity contribution in [2.45, 2.75) is 19.4 Å². The van der Waals surface area contributed by atoms with E-state index in [1.54, 1.807) is 17.2 Å². The van der Waals surface area contributed by atoms with Crippen LogP contribution >= 0.6 is 15.9 Å². The van der Waals surface area contributed by atoms with Gasteiger partial charge in [-0.1, -0.05) is 22.0 Å². The molecule has 0 bridgehead atoms. The molecule has 1 aliphatic heterocycles. The highest BCUT2D eigenvalue weighted by molar-refractivity contribution is 9.10. The minimum Gasteiger partial charge on any atom is -0.487 e. The van der Waals surface area contributed by atoms with E-state index in [4.69, 9.17) is 4.74 Å². The molecular formula is C17H16BrFN2O2. The van der Waals surface area contributed by atoms with Crippen molar-refractivity contribution in [1.29, 1.82) is 0 Å². The topological polar surface area (TPSA) is 42.4 Å². The second-order valence-corrected chi connectivity index (χ2v) is 6.44. The van der Waals surface area contributed by atoms with Crippen LogP contribution in [0.2, 0.25) is 0 Å². The van der Waals surface area contributed by atoms with Crippen LogP contribution in [0.15, 0.2) is 41.0 Å². The van der Waals surface area contributed by atoms with E-state index in [1.165, 1.54) is 12.1 Å². The molecular weight excluding hydrogens is 363 g/mol. The first-order valence-corrected chi connectivity index (χ1v) is 8.11. The summed E-state index contributed by atoms with van der Waals surface area (Å²) < 4.78 is 19.5. The van der Waals surface area contributed by atoms with E-state index in [0.717, 1.165) is 17.0 Å². The number of pyridine rings is 1. The van der Waals surface area contributed by atoms with Crippen molar-refractivity contribution in [3.8, 4) is 5.75 Å². The second kappa shape index (κ2) is 6.66.